The summed E-state index contributed by atoms with van der Waals surface area (Å²) in [4.78, 5) is 23.4. The van der Waals surface area contributed by atoms with Crippen LogP contribution in [0.5, 0.6) is 11.5 Å². The molecule has 0 spiro atoms. The normalized spacial score (nSPS) is 13.5. The number of hydrogen-bond acceptors (Lipinski definition) is 8. The number of carbonyl (C=O) groups excluding carboxylic acids is 1. The fraction of sp³-hybridized carbons (Fsp3) is 0.435. The molecule has 0 amide bonds. The van der Waals surface area contributed by atoms with E-state index in [1.54, 1.807) is 18.4 Å². The molecular weight excluding hydrogens is 414 g/mol. The van der Waals surface area contributed by atoms with Gasteiger partial charge in [0.25, 0.3) is 0 Å². The molecule has 4 rings (SSSR count). The molecule has 0 radical (unpaired) electrons. The SMILES string of the molecule is COc1ccc(OCCCC(=O)OCc2nc(N)c3c4c(sc3n2)CCCCC4)cc1. The van der Waals surface area contributed by atoms with Crippen LogP contribution in [0.2, 0.25) is 0 Å². The maximum atomic E-state index is 12.1. The first kappa shape index (κ1) is 21.4. The summed E-state index contributed by atoms with van der Waals surface area (Å²) < 4.78 is 16.1. The topological polar surface area (TPSA) is 96.6 Å². The van der Waals surface area contributed by atoms with Crippen LogP contribution in [0.15, 0.2) is 24.3 Å². The standard InChI is InChI=1S/C23H27N3O4S/c1-28-15-9-11-16(12-10-15)29-13-5-8-20(27)30-14-19-25-22(24)21-17-6-3-2-4-7-18(17)31-23(21)26-19/h9-12H,2-8,13-14H2,1H3,(H2,24,25,26). The maximum Gasteiger partial charge on any atom is 0.306 e. The van der Waals surface area contributed by atoms with Crippen molar-refractivity contribution in [3.8, 4) is 11.5 Å². The zero-order chi connectivity index (χ0) is 21.6. The Morgan fingerprint density at radius 1 is 1.10 bits per heavy atom. The van der Waals surface area contributed by atoms with E-state index in [9.17, 15) is 4.79 Å². The highest BCUT2D eigenvalue weighted by atomic mass is 32.1. The number of methoxy groups -OCH3 is 1. The molecule has 0 atom stereocenters. The molecule has 1 aliphatic rings. The van der Waals surface area contributed by atoms with Crippen molar-refractivity contribution in [2.45, 2.75) is 51.6 Å². The van der Waals surface area contributed by atoms with E-state index in [-0.39, 0.29) is 19.0 Å². The lowest BCUT2D eigenvalue weighted by Gasteiger charge is -2.08. The summed E-state index contributed by atoms with van der Waals surface area (Å²) in [6.07, 6.45) is 6.59. The zero-order valence-electron chi connectivity index (χ0n) is 17.7. The molecule has 8 heteroatoms. The van der Waals surface area contributed by atoms with Gasteiger partial charge in [0.15, 0.2) is 12.4 Å². The summed E-state index contributed by atoms with van der Waals surface area (Å²) in [6.45, 7) is 0.457. The van der Waals surface area contributed by atoms with Crippen LogP contribution in [-0.4, -0.2) is 29.7 Å². The Labute approximate surface area is 185 Å². The van der Waals surface area contributed by atoms with Crippen LogP contribution in [0.25, 0.3) is 10.2 Å². The number of aromatic nitrogens is 2. The molecular formula is C23H27N3O4S. The molecule has 0 aliphatic heterocycles. The summed E-state index contributed by atoms with van der Waals surface area (Å²) in [5.74, 6) is 2.14. The van der Waals surface area contributed by atoms with Gasteiger partial charge in [-0.3, -0.25) is 4.79 Å². The van der Waals surface area contributed by atoms with Crippen LogP contribution >= 0.6 is 11.3 Å². The fourth-order valence-electron chi connectivity index (χ4n) is 3.77. The molecule has 2 heterocycles. The Morgan fingerprint density at radius 2 is 1.87 bits per heavy atom. The highest BCUT2D eigenvalue weighted by Gasteiger charge is 2.19. The van der Waals surface area contributed by atoms with Gasteiger partial charge in [0.2, 0.25) is 0 Å². The maximum absolute atomic E-state index is 12.1. The molecule has 0 bridgehead atoms. The molecule has 0 saturated carbocycles. The average Bonchev–Trinajstić information content (AvgIpc) is 2.97. The number of nitrogen functional groups attached to an aromatic ring is 1. The van der Waals surface area contributed by atoms with E-state index in [0.717, 1.165) is 34.6 Å². The van der Waals surface area contributed by atoms with E-state index in [1.165, 1.54) is 29.7 Å². The number of aryl methyl sites for hydroxylation is 2. The largest absolute Gasteiger partial charge is 0.497 e. The van der Waals surface area contributed by atoms with Crippen molar-refractivity contribution in [3.05, 3.63) is 40.5 Å². The lowest BCUT2D eigenvalue weighted by atomic mass is 10.1. The van der Waals surface area contributed by atoms with E-state index in [2.05, 4.69) is 9.97 Å². The van der Waals surface area contributed by atoms with Crippen molar-refractivity contribution in [2.75, 3.05) is 19.5 Å². The lowest BCUT2D eigenvalue weighted by Crippen LogP contribution is -2.09. The Hall–Kier alpha value is -2.87. The van der Waals surface area contributed by atoms with Crippen LogP contribution in [0.4, 0.5) is 5.82 Å². The minimum atomic E-state index is -0.303. The van der Waals surface area contributed by atoms with Crippen LogP contribution in [0.1, 0.15) is 48.4 Å². The molecule has 0 saturated heterocycles. The first-order valence-corrected chi connectivity index (χ1v) is 11.4. The van der Waals surface area contributed by atoms with Crippen molar-refractivity contribution in [1.29, 1.82) is 0 Å². The van der Waals surface area contributed by atoms with Crippen LogP contribution in [0.3, 0.4) is 0 Å². The molecule has 3 aromatic rings. The lowest BCUT2D eigenvalue weighted by molar-refractivity contribution is -0.145. The molecule has 2 N–H and O–H groups in total. The van der Waals surface area contributed by atoms with Crippen molar-refractivity contribution in [3.63, 3.8) is 0 Å². The van der Waals surface area contributed by atoms with E-state index in [4.69, 9.17) is 19.9 Å². The second-order valence-electron chi connectivity index (χ2n) is 7.56. The predicted molar refractivity (Wildman–Crippen MR) is 121 cm³/mol. The van der Waals surface area contributed by atoms with Gasteiger partial charge in [0, 0.05) is 11.3 Å². The van der Waals surface area contributed by atoms with Gasteiger partial charge in [-0.25, -0.2) is 9.97 Å². The summed E-state index contributed by atoms with van der Waals surface area (Å²) in [5.41, 5.74) is 7.56. The van der Waals surface area contributed by atoms with Crippen molar-refractivity contribution in [2.24, 2.45) is 0 Å². The van der Waals surface area contributed by atoms with E-state index >= 15 is 0 Å². The molecule has 164 valence electrons. The highest BCUT2D eigenvalue weighted by molar-refractivity contribution is 7.19. The third kappa shape index (κ3) is 5.25. The van der Waals surface area contributed by atoms with Crippen LogP contribution < -0.4 is 15.2 Å². The van der Waals surface area contributed by atoms with Gasteiger partial charge < -0.3 is 19.9 Å². The number of nitrogens with two attached hydrogens (primary N) is 1. The van der Waals surface area contributed by atoms with Crippen molar-refractivity contribution < 1.29 is 19.0 Å². The van der Waals surface area contributed by atoms with Crippen molar-refractivity contribution >= 4 is 33.3 Å². The minimum absolute atomic E-state index is 0.0286. The smallest absolute Gasteiger partial charge is 0.306 e. The van der Waals surface area contributed by atoms with Gasteiger partial charge in [-0.1, -0.05) is 6.42 Å². The highest BCUT2D eigenvalue weighted by Crippen LogP contribution is 2.37. The first-order valence-electron chi connectivity index (χ1n) is 10.6. The number of anilines is 1. The van der Waals surface area contributed by atoms with Gasteiger partial charge in [-0.2, -0.15) is 0 Å². The number of carbonyl (C=O) groups is 1. The Bertz CT molecular complexity index is 1050. The molecule has 0 fully saturated rings. The molecule has 7 nitrogen and oxygen atoms in total. The monoisotopic (exact) mass is 441 g/mol. The summed E-state index contributed by atoms with van der Waals surface area (Å²) in [5, 5.41) is 0.993. The van der Waals surface area contributed by atoms with Crippen LogP contribution in [-0.2, 0) is 29.0 Å². The summed E-state index contributed by atoms with van der Waals surface area (Å²) in [7, 11) is 1.62. The second-order valence-corrected chi connectivity index (χ2v) is 8.64. The van der Waals surface area contributed by atoms with Gasteiger partial charge in [-0.05, 0) is 61.9 Å². The number of ether oxygens (including phenoxy) is 3. The quantitative estimate of drug-likeness (QED) is 0.313. The number of fused-ring (bicyclic) bond motifs is 3. The van der Waals surface area contributed by atoms with Crippen LogP contribution in [0, 0.1) is 0 Å². The average molecular weight is 442 g/mol. The minimum Gasteiger partial charge on any atom is -0.497 e. The Balaban J connectivity index is 1.27. The Morgan fingerprint density at radius 3 is 2.68 bits per heavy atom. The summed E-state index contributed by atoms with van der Waals surface area (Å²) in [6, 6.07) is 7.33. The third-order valence-electron chi connectivity index (χ3n) is 5.35. The molecule has 1 aromatic carbocycles. The molecule has 1 aliphatic carbocycles. The second kappa shape index (κ2) is 9.96. The third-order valence-corrected chi connectivity index (χ3v) is 6.54. The van der Waals surface area contributed by atoms with Gasteiger partial charge in [0.05, 0.1) is 19.1 Å². The number of rotatable bonds is 8. The van der Waals surface area contributed by atoms with Crippen molar-refractivity contribution in [1.82, 2.24) is 9.97 Å². The first-order chi connectivity index (χ1) is 15.1. The van der Waals surface area contributed by atoms with Gasteiger partial charge in [-0.15, -0.1) is 11.3 Å². The van der Waals surface area contributed by atoms with E-state index in [1.807, 2.05) is 24.3 Å². The number of esters is 1. The predicted octanol–water partition coefficient (Wildman–Crippen LogP) is 4.45. The number of nitrogens with zero attached hydrogens (tertiary/aromatic N) is 2. The molecule has 31 heavy (non-hydrogen) atoms. The van der Waals surface area contributed by atoms with E-state index in [0.29, 0.717) is 24.7 Å². The number of benzene rings is 1. The van der Waals surface area contributed by atoms with Gasteiger partial charge in [0.1, 0.15) is 22.1 Å². The number of thiophene rings is 1. The number of hydrogen-bond donors (Lipinski definition) is 1. The molecule has 2 aromatic heterocycles. The zero-order valence-corrected chi connectivity index (χ0v) is 18.5. The van der Waals surface area contributed by atoms with E-state index < -0.39 is 0 Å². The summed E-state index contributed by atoms with van der Waals surface area (Å²) >= 11 is 1.70. The molecule has 0 unspecified atom stereocenters. The Kier molecular flexibility index (Phi) is 6.86. The van der Waals surface area contributed by atoms with Gasteiger partial charge >= 0.3 is 5.97 Å². The fourth-order valence-corrected chi connectivity index (χ4v) is 5.06.